The van der Waals surface area contributed by atoms with Gasteiger partial charge in [0.25, 0.3) is 0 Å². The van der Waals surface area contributed by atoms with E-state index in [4.69, 9.17) is 4.74 Å². The van der Waals surface area contributed by atoms with Crippen molar-refractivity contribution in [2.45, 2.75) is 26.0 Å². The normalized spacial score (nSPS) is 12.4. The summed E-state index contributed by atoms with van der Waals surface area (Å²) in [4.78, 5) is 14.8. The summed E-state index contributed by atoms with van der Waals surface area (Å²) in [6.07, 6.45) is 0.435. The van der Waals surface area contributed by atoms with Gasteiger partial charge in [0.15, 0.2) is 5.82 Å². The fourth-order valence-corrected chi connectivity index (χ4v) is 1.11. The van der Waals surface area contributed by atoms with Gasteiger partial charge in [-0.25, -0.2) is 0 Å². The Morgan fingerprint density at radius 1 is 1.75 bits per heavy atom. The number of ether oxygens (including phenoxy) is 1. The molecule has 0 amide bonds. The van der Waals surface area contributed by atoms with E-state index in [0.717, 1.165) is 0 Å². The number of aliphatic hydroxyl groups excluding tert-OH is 1. The van der Waals surface area contributed by atoms with Crippen LogP contribution in [-0.4, -0.2) is 40.5 Å². The molecule has 90 valence electrons. The monoisotopic (exact) mass is 229 g/mol. The molecule has 0 saturated carbocycles. The van der Waals surface area contributed by atoms with Crippen LogP contribution in [-0.2, 0) is 16.1 Å². The predicted molar refractivity (Wildman–Crippen MR) is 53.3 cm³/mol. The average molecular weight is 229 g/mol. The van der Waals surface area contributed by atoms with Gasteiger partial charge in [0.2, 0.25) is 6.39 Å². The van der Waals surface area contributed by atoms with Crippen LogP contribution in [0.3, 0.4) is 0 Å². The van der Waals surface area contributed by atoms with Crippen LogP contribution in [0, 0.1) is 0 Å². The first-order chi connectivity index (χ1) is 7.72. The third-order valence-corrected chi connectivity index (χ3v) is 1.78. The van der Waals surface area contributed by atoms with Crippen LogP contribution < -0.4 is 5.32 Å². The van der Waals surface area contributed by atoms with Crippen molar-refractivity contribution in [2.24, 2.45) is 0 Å². The van der Waals surface area contributed by atoms with Crippen molar-refractivity contribution < 1.29 is 19.2 Å². The SMILES string of the molecule is CCOC(=O)CC(O)CNCc1ncon1. The van der Waals surface area contributed by atoms with Gasteiger partial charge in [0.1, 0.15) is 0 Å². The van der Waals surface area contributed by atoms with Gasteiger partial charge in [-0.1, -0.05) is 5.16 Å². The molecule has 0 fully saturated rings. The first-order valence-electron chi connectivity index (χ1n) is 5.02. The summed E-state index contributed by atoms with van der Waals surface area (Å²) in [5, 5.41) is 15.9. The summed E-state index contributed by atoms with van der Waals surface area (Å²) < 4.78 is 9.23. The Balaban J connectivity index is 2.10. The van der Waals surface area contributed by atoms with Crippen molar-refractivity contribution in [3.8, 4) is 0 Å². The number of hydrogen-bond acceptors (Lipinski definition) is 7. The summed E-state index contributed by atoms with van der Waals surface area (Å²) in [5.41, 5.74) is 0. The number of aromatic nitrogens is 2. The second kappa shape index (κ2) is 6.91. The molecule has 0 saturated heterocycles. The smallest absolute Gasteiger partial charge is 0.308 e. The van der Waals surface area contributed by atoms with Crippen molar-refractivity contribution in [3.05, 3.63) is 12.2 Å². The summed E-state index contributed by atoms with van der Waals surface area (Å²) >= 11 is 0. The lowest BCUT2D eigenvalue weighted by Crippen LogP contribution is -2.29. The van der Waals surface area contributed by atoms with E-state index in [1.54, 1.807) is 6.92 Å². The number of rotatable bonds is 7. The molecule has 0 aliphatic carbocycles. The van der Waals surface area contributed by atoms with E-state index in [1.807, 2.05) is 0 Å². The molecule has 1 atom stereocenters. The Morgan fingerprint density at radius 3 is 3.19 bits per heavy atom. The number of carbonyl (C=O) groups excluding carboxylic acids is 1. The fraction of sp³-hybridized carbons (Fsp3) is 0.667. The Kier molecular flexibility index (Phi) is 5.44. The number of aliphatic hydroxyl groups is 1. The van der Waals surface area contributed by atoms with Gasteiger partial charge in [-0.3, -0.25) is 4.79 Å². The van der Waals surface area contributed by atoms with E-state index < -0.39 is 12.1 Å². The highest BCUT2D eigenvalue weighted by molar-refractivity contribution is 5.69. The number of esters is 1. The van der Waals surface area contributed by atoms with Gasteiger partial charge in [0.05, 0.1) is 25.7 Å². The molecule has 0 radical (unpaired) electrons. The van der Waals surface area contributed by atoms with E-state index in [-0.39, 0.29) is 13.0 Å². The molecule has 0 bridgehead atoms. The van der Waals surface area contributed by atoms with Gasteiger partial charge in [-0.15, -0.1) is 0 Å². The van der Waals surface area contributed by atoms with Crippen LogP contribution in [0.2, 0.25) is 0 Å². The molecular weight excluding hydrogens is 214 g/mol. The Hall–Kier alpha value is -1.47. The standard InChI is InChI=1S/C9H15N3O4/c1-2-15-9(14)3-7(13)4-10-5-8-11-6-16-12-8/h6-7,10,13H,2-5H2,1H3. The highest BCUT2D eigenvalue weighted by atomic mass is 16.5. The van der Waals surface area contributed by atoms with E-state index in [0.29, 0.717) is 19.0 Å². The predicted octanol–water partition coefficient (Wildman–Crippen LogP) is -0.527. The van der Waals surface area contributed by atoms with Gasteiger partial charge in [-0.2, -0.15) is 4.98 Å². The van der Waals surface area contributed by atoms with Crippen molar-refractivity contribution in [1.29, 1.82) is 0 Å². The Bertz CT molecular complexity index is 302. The molecule has 0 aromatic carbocycles. The maximum Gasteiger partial charge on any atom is 0.308 e. The number of nitrogens with one attached hydrogen (secondary N) is 1. The van der Waals surface area contributed by atoms with Crippen LogP contribution in [0.5, 0.6) is 0 Å². The fourth-order valence-electron chi connectivity index (χ4n) is 1.11. The minimum atomic E-state index is -0.772. The summed E-state index contributed by atoms with van der Waals surface area (Å²) in [5.74, 6) is 0.0969. The summed E-state index contributed by atoms with van der Waals surface area (Å²) in [6.45, 7) is 2.70. The van der Waals surface area contributed by atoms with Gasteiger partial charge < -0.3 is 19.7 Å². The first-order valence-corrected chi connectivity index (χ1v) is 5.02. The van der Waals surface area contributed by atoms with Crippen molar-refractivity contribution in [1.82, 2.24) is 15.5 Å². The maximum atomic E-state index is 11.0. The molecule has 7 nitrogen and oxygen atoms in total. The zero-order chi connectivity index (χ0) is 11.8. The number of hydrogen-bond donors (Lipinski definition) is 2. The van der Waals surface area contributed by atoms with E-state index in [1.165, 1.54) is 6.39 Å². The molecule has 1 heterocycles. The lowest BCUT2D eigenvalue weighted by molar-refractivity contribution is -0.145. The minimum Gasteiger partial charge on any atom is -0.466 e. The molecule has 0 aliphatic rings. The van der Waals surface area contributed by atoms with E-state index >= 15 is 0 Å². The summed E-state index contributed by atoms with van der Waals surface area (Å²) in [7, 11) is 0. The quantitative estimate of drug-likeness (QED) is 0.607. The average Bonchev–Trinajstić information content (AvgIpc) is 2.70. The zero-order valence-electron chi connectivity index (χ0n) is 9.05. The Morgan fingerprint density at radius 2 is 2.56 bits per heavy atom. The molecule has 7 heteroatoms. The van der Waals surface area contributed by atoms with E-state index in [2.05, 4.69) is 20.0 Å². The highest BCUT2D eigenvalue weighted by Crippen LogP contribution is 1.94. The molecule has 1 aromatic rings. The van der Waals surface area contributed by atoms with Crippen molar-refractivity contribution in [3.63, 3.8) is 0 Å². The third-order valence-electron chi connectivity index (χ3n) is 1.78. The largest absolute Gasteiger partial charge is 0.466 e. The number of nitrogens with zero attached hydrogens (tertiary/aromatic N) is 2. The molecule has 1 aromatic heterocycles. The lowest BCUT2D eigenvalue weighted by atomic mass is 10.2. The van der Waals surface area contributed by atoms with Gasteiger partial charge in [0, 0.05) is 6.54 Å². The molecule has 0 aliphatic heterocycles. The van der Waals surface area contributed by atoms with Crippen LogP contribution >= 0.6 is 0 Å². The highest BCUT2D eigenvalue weighted by Gasteiger charge is 2.11. The topological polar surface area (TPSA) is 97.5 Å². The molecule has 2 N–H and O–H groups in total. The second-order valence-electron chi connectivity index (χ2n) is 3.14. The molecule has 1 unspecified atom stereocenters. The van der Waals surface area contributed by atoms with Crippen LogP contribution in [0.4, 0.5) is 0 Å². The van der Waals surface area contributed by atoms with Crippen LogP contribution in [0.15, 0.2) is 10.9 Å². The van der Waals surface area contributed by atoms with Crippen LogP contribution in [0.25, 0.3) is 0 Å². The van der Waals surface area contributed by atoms with Crippen molar-refractivity contribution in [2.75, 3.05) is 13.2 Å². The molecular formula is C9H15N3O4. The number of carbonyl (C=O) groups is 1. The van der Waals surface area contributed by atoms with Crippen molar-refractivity contribution >= 4 is 5.97 Å². The van der Waals surface area contributed by atoms with E-state index in [9.17, 15) is 9.90 Å². The maximum absolute atomic E-state index is 11.0. The Labute approximate surface area is 92.8 Å². The second-order valence-corrected chi connectivity index (χ2v) is 3.14. The first kappa shape index (κ1) is 12.6. The molecule has 0 spiro atoms. The third kappa shape index (κ3) is 4.85. The van der Waals surface area contributed by atoms with Crippen LogP contribution in [0.1, 0.15) is 19.2 Å². The molecule has 16 heavy (non-hydrogen) atoms. The lowest BCUT2D eigenvalue weighted by Gasteiger charge is -2.09. The molecule has 1 rings (SSSR count). The summed E-state index contributed by atoms with van der Waals surface area (Å²) in [6, 6.07) is 0. The van der Waals surface area contributed by atoms with Gasteiger partial charge >= 0.3 is 5.97 Å². The minimum absolute atomic E-state index is 0.0207. The zero-order valence-corrected chi connectivity index (χ0v) is 9.05. The van der Waals surface area contributed by atoms with Gasteiger partial charge in [-0.05, 0) is 6.92 Å².